The summed E-state index contributed by atoms with van der Waals surface area (Å²) >= 11 is 0. The van der Waals surface area contributed by atoms with Crippen LogP contribution in [0, 0.1) is 29.6 Å². The van der Waals surface area contributed by atoms with Crippen LogP contribution in [0.2, 0.25) is 0 Å². The number of carbonyl (C=O) groups excluding carboxylic acids is 2. The predicted octanol–water partition coefficient (Wildman–Crippen LogP) is 6.04. The number of hydrogen-bond acceptors (Lipinski definition) is 2. The number of Topliss-reactive ketones (excluding diaryl/α,β-unsaturated/α-hetero) is 2. The maximum absolute atomic E-state index is 12.5. The van der Waals surface area contributed by atoms with E-state index >= 15 is 0 Å². The number of allylic oxidation sites excluding steroid dienone is 2. The molecule has 4 aliphatic carbocycles. The summed E-state index contributed by atoms with van der Waals surface area (Å²) in [6.07, 6.45) is 19.8. The second-order valence-corrected chi connectivity index (χ2v) is 9.75. The van der Waals surface area contributed by atoms with Crippen LogP contribution in [-0.4, -0.2) is 11.6 Å². The molecule has 26 heavy (non-hydrogen) atoms. The molecule has 2 nitrogen and oxygen atoms in total. The third-order valence-electron chi connectivity index (χ3n) is 8.02. The van der Waals surface area contributed by atoms with Crippen molar-refractivity contribution >= 4 is 11.6 Å². The first kappa shape index (κ1) is 18.4. The van der Waals surface area contributed by atoms with Crippen LogP contribution >= 0.6 is 0 Å². The molecule has 4 unspecified atom stereocenters. The Kier molecular flexibility index (Phi) is 5.96. The molecule has 144 valence electrons. The standard InChI is InChI=1S/C24H36O2/c25-23-11-5-10-20(14-23)18-8-4-9-19(12-18)22-13-21(15-24(26)16-22)17-6-2-1-3-7-17/h8,17,19-22H,1-7,9-16H2. The van der Waals surface area contributed by atoms with Gasteiger partial charge in [-0.2, -0.15) is 0 Å². The summed E-state index contributed by atoms with van der Waals surface area (Å²) in [6, 6.07) is 0. The van der Waals surface area contributed by atoms with Crippen LogP contribution in [0.15, 0.2) is 11.6 Å². The molecule has 0 aromatic carbocycles. The molecule has 0 spiro atoms. The van der Waals surface area contributed by atoms with Crippen molar-refractivity contribution in [2.24, 2.45) is 29.6 Å². The van der Waals surface area contributed by atoms with Gasteiger partial charge in [0, 0.05) is 25.7 Å². The van der Waals surface area contributed by atoms with Gasteiger partial charge in [0.15, 0.2) is 0 Å². The molecule has 3 saturated carbocycles. The van der Waals surface area contributed by atoms with E-state index in [0.29, 0.717) is 35.2 Å². The summed E-state index contributed by atoms with van der Waals surface area (Å²) in [5.41, 5.74) is 1.57. The van der Waals surface area contributed by atoms with E-state index in [-0.39, 0.29) is 0 Å². The molecule has 0 amide bonds. The van der Waals surface area contributed by atoms with Gasteiger partial charge in [-0.15, -0.1) is 0 Å². The van der Waals surface area contributed by atoms with Gasteiger partial charge in [-0.25, -0.2) is 0 Å². The van der Waals surface area contributed by atoms with E-state index in [0.717, 1.165) is 38.0 Å². The molecule has 0 heterocycles. The Morgan fingerprint density at radius 2 is 1.42 bits per heavy atom. The normalized spacial score (nSPS) is 37.5. The van der Waals surface area contributed by atoms with Crippen LogP contribution in [0.5, 0.6) is 0 Å². The van der Waals surface area contributed by atoms with Gasteiger partial charge < -0.3 is 0 Å². The first-order valence-corrected chi connectivity index (χ1v) is 11.4. The van der Waals surface area contributed by atoms with Gasteiger partial charge in [0.25, 0.3) is 0 Å². The average molecular weight is 357 g/mol. The van der Waals surface area contributed by atoms with Crippen LogP contribution in [-0.2, 0) is 9.59 Å². The van der Waals surface area contributed by atoms with Crippen LogP contribution in [0.4, 0.5) is 0 Å². The van der Waals surface area contributed by atoms with E-state index in [4.69, 9.17) is 0 Å². The first-order chi connectivity index (χ1) is 12.7. The summed E-state index contributed by atoms with van der Waals surface area (Å²) < 4.78 is 0. The minimum Gasteiger partial charge on any atom is -0.300 e. The fourth-order valence-electron chi connectivity index (χ4n) is 6.60. The monoisotopic (exact) mass is 356 g/mol. The molecule has 0 aromatic rings. The summed E-state index contributed by atoms with van der Waals surface area (Å²) in [6.45, 7) is 0. The molecule has 0 radical (unpaired) electrons. The van der Waals surface area contributed by atoms with Crippen molar-refractivity contribution in [1.29, 1.82) is 0 Å². The molecule has 0 saturated heterocycles. The molecule has 0 bridgehead atoms. The van der Waals surface area contributed by atoms with Crippen LogP contribution in [0.3, 0.4) is 0 Å². The lowest BCUT2D eigenvalue weighted by molar-refractivity contribution is -0.124. The second-order valence-electron chi connectivity index (χ2n) is 9.75. The lowest BCUT2D eigenvalue weighted by Crippen LogP contribution is -2.33. The topological polar surface area (TPSA) is 34.1 Å². The Bertz CT molecular complexity index is 555. The molecule has 2 heteroatoms. The van der Waals surface area contributed by atoms with Crippen molar-refractivity contribution in [2.45, 2.75) is 96.3 Å². The number of hydrogen-bond donors (Lipinski definition) is 0. The zero-order valence-corrected chi connectivity index (χ0v) is 16.4. The molecule has 3 fully saturated rings. The quantitative estimate of drug-likeness (QED) is 0.578. The van der Waals surface area contributed by atoms with Crippen molar-refractivity contribution in [3.63, 3.8) is 0 Å². The van der Waals surface area contributed by atoms with Crippen molar-refractivity contribution in [3.8, 4) is 0 Å². The Hall–Kier alpha value is -0.920. The highest BCUT2D eigenvalue weighted by molar-refractivity contribution is 5.80. The van der Waals surface area contributed by atoms with Gasteiger partial charge in [-0.05, 0) is 68.1 Å². The van der Waals surface area contributed by atoms with Crippen LogP contribution in [0.25, 0.3) is 0 Å². The summed E-state index contributed by atoms with van der Waals surface area (Å²) in [5.74, 6) is 4.34. The van der Waals surface area contributed by atoms with E-state index in [9.17, 15) is 9.59 Å². The molecule has 4 aliphatic rings. The van der Waals surface area contributed by atoms with E-state index in [2.05, 4.69) is 6.08 Å². The Labute approximate surface area is 159 Å². The van der Waals surface area contributed by atoms with Crippen molar-refractivity contribution in [3.05, 3.63) is 11.6 Å². The fourth-order valence-corrected chi connectivity index (χ4v) is 6.60. The number of rotatable bonds is 3. The molecular formula is C24H36O2. The second kappa shape index (κ2) is 8.40. The molecule has 0 N–H and O–H groups in total. The van der Waals surface area contributed by atoms with Gasteiger partial charge in [0.2, 0.25) is 0 Å². The zero-order chi connectivity index (χ0) is 17.9. The molecule has 0 aliphatic heterocycles. The summed E-state index contributed by atoms with van der Waals surface area (Å²) in [7, 11) is 0. The molecule has 4 atom stereocenters. The van der Waals surface area contributed by atoms with Gasteiger partial charge in [-0.3, -0.25) is 9.59 Å². The summed E-state index contributed by atoms with van der Waals surface area (Å²) in [5, 5.41) is 0. The SMILES string of the molecule is O=C1CCCC(C2=CCCC(C3CC(=O)CC(C4CCCCC4)C3)C2)C1. The minimum absolute atomic E-state index is 0.467. The van der Waals surface area contributed by atoms with Gasteiger partial charge in [0.05, 0.1) is 0 Å². The highest BCUT2D eigenvalue weighted by atomic mass is 16.1. The third kappa shape index (κ3) is 4.31. The Balaban J connectivity index is 1.39. The smallest absolute Gasteiger partial charge is 0.133 e. The number of ketones is 2. The van der Waals surface area contributed by atoms with Crippen LogP contribution < -0.4 is 0 Å². The van der Waals surface area contributed by atoms with E-state index in [1.807, 2.05) is 0 Å². The van der Waals surface area contributed by atoms with Crippen molar-refractivity contribution in [1.82, 2.24) is 0 Å². The molecule has 4 rings (SSSR count). The van der Waals surface area contributed by atoms with Crippen LogP contribution in [0.1, 0.15) is 96.3 Å². The lowest BCUT2D eigenvalue weighted by Gasteiger charge is -2.40. The Morgan fingerprint density at radius 1 is 0.654 bits per heavy atom. The minimum atomic E-state index is 0.467. The maximum Gasteiger partial charge on any atom is 0.133 e. The van der Waals surface area contributed by atoms with Crippen molar-refractivity contribution < 1.29 is 9.59 Å². The van der Waals surface area contributed by atoms with E-state index in [1.165, 1.54) is 64.2 Å². The molecule has 0 aromatic heterocycles. The largest absolute Gasteiger partial charge is 0.300 e. The van der Waals surface area contributed by atoms with Gasteiger partial charge in [0.1, 0.15) is 11.6 Å². The Morgan fingerprint density at radius 3 is 2.19 bits per heavy atom. The molecular weight excluding hydrogens is 320 g/mol. The first-order valence-electron chi connectivity index (χ1n) is 11.4. The average Bonchev–Trinajstić information content (AvgIpc) is 2.68. The maximum atomic E-state index is 12.5. The highest BCUT2D eigenvalue weighted by Crippen LogP contribution is 2.46. The van der Waals surface area contributed by atoms with Gasteiger partial charge in [-0.1, -0.05) is 43.8 Å². The lowest BCUT2D eigenvalue weighted by atomic mass is 9.64. The highest BCUT2D eigenvalue weighted by Gasteiger charge is 2.37. The van der Waals surface area contributed by atoms with Crippen molar-refractivity contribution in [2.75, 3.05) is 0 Å². The van der Waals surface area contributed by atoms with E-state index in [1.54, 1.807) is 5.57 Å². The van der Waals surface area contributed by atoms with Gasteiger partial charge >= 0.3 is 0 Å². The predicted molar refractivity (Wildman–Crippen MR) is 105 cm³/mol. The summed E-state index contributed by atoms with van der Waals surface area (Å²) in [4.78, 5) is 24.4. The third-order valence-corrected chi connectivity index (χ3v) is 8.02. The number of carbonyl (C=O) groups is 2. The van der Waals surface area contributed by atoms with E-state index < -0.39 is 0 Å². The fraction of sp³-hybridized carbons (Fsp3) is 0.833. The zero-order valence-electron chi connectivity index (χ0n) is 16.4.